The first-order valence-corrected chi connectivity index (χ1v) is 15.0. The summed E-state index contributed by atoms with van der Waals surface area (Å²) in [5.74, 6) is 6.52. The smallest absolute Gasteiger partial charge is 0.00670 e. The highest BCUT2D eigenvalue weighted by molar-refractivity contribution is 5.86. The third-order valence-corrected chi connectivity index (χ3v) is 10.2. The van der Waals surface area contributed by atoms with Gasteiger partial charge < -0.3 is 16.4 Å². The second kappa shape index (κ2) is 18.9. The van der Waals surface area contributed by atoms with Crippen molar-refractivity contribution in [3.63, 3.8) is 0 Å². The van der Waals surface area contributed by atoms with Crippen LogP contribution in [0.3, 0.4) is 0 Å². The lowest BCUT2D eigenvalue weighted by atomic mass is 9.63. The van der Waals surface area contributed by atoms with Crippen LogP contribution in [0.5, 0.6) is 0 Å². The molecule has 0 aromatic carbocycles. The maximum absolute atomic E-state index is 5.60. The van der Waals surface area contributed by atoms with Gasteiger partial charge in [-0.05, 0) is 126 Å². The highest BCUT2D eigenvalue weighted by Gasteiger charge is 2.36. The molecule has 0 amide bonds. The second-order valence-corrected chi connectivity index (χ2v) is 12.3. The molecule has 0 aromatic heterocycles. The van der Waals surface area contributed by atoms with Gasteiger partial charge in [-0.25, -0.2) is 0 Å². The maximum atomic E-state index is 5.60. The summed E-state index contributed by atoms with van der Waals surface area (Å²) in [6.45, 7) is 4.20. The van der Waals surface area contributed by atoms with E-state index in [0.29, 0.717) is 0 Å². The molecule has 2 unspecified atom stereocenters. The Morgan fingerprint density at radius 3 is 1.51 bits per heavy atom. The first-order chi connectivity index (χ1) is 15.8. The number of nitrogens with two attached hydrogens (primary N) is 1. The van der Waals surface area contributed by atoms with Gasteiger partial charge in [-0.3, -0.25) is 0 Å². The van der Waals surface area contributed by atoms with Crippen molar-refractivity contribution in [2.24, 2.45) is 41.2 Å². The minimum Gasteiger partial charge on any atom is -0.330 e. The van der Waals surface area contributed by atoms with E-state index in [9.17, 15) is 0 Å². The molecule has 0 aliphatic heterocycles. The molecule has 2 atom stereocenters. The second-order valence-electron chi connectivity index (χ2n) is 12.3. The lowest BCUT2D eigenvalue weighted by molar-refractivity contribution is 0.0884. The zero-order valence-electron chi connectivity index (χ0n) is 22.4. The fourth-order valence-corrected chi connectivity index (χ4v) is 8.21. The highest BCUT2D eigenvalue weighted by Crippen LogP contribution is 2.47. The minimum absolute atomic E-state index is 0. The largest absolute Gasteiger partial charge is 0.330 e. The SMILES string of the molecule is Cl.Cl.Cl.NCCCNCCCNC(CCCC1CC2CCC1CC2)CCCC1CC2CCC1CC2. The van der Waals surface area contributed by atoms with E-state index in [1.165, 1.54) is 51.5 Å². The van der Waals surface area contributed by atoms with Crippen LogP contribution in [0.2, 0.25) is 0 Å². The molecule has 3 nitrogen and oxygen atoms in total. The van der Waals surface area contributed by atoms with Crippen molar-refractivity contribution >= 4 is 37.2 Å². The molecule has 6 aliphatic rings. The average Bonchev–Trinajstić information content (AvgIpc) is 2.84. The molecule has 0 spiro atoms. The van der Waals surface area contributed by atoms with Gasteiger partial charge in [0.05, 0.1) is 0 Å². The van der Waals surface area contributed by atoms with Crippen LogP contribution in [0.15, 0.2) is 0 Å². The van der Waals surface area contributed by atoms with Crippen molar-refractivity contribution in [1.82, 2.24) is 10.6 Å². The first-order valence-electron chi connectivity index (χ1n) is 15.0. The molecule has 6 aliphatic carbocycles. The molecule has 0 saturated heterocycles. The van der Waals surface area contributed by atoms with E-state index in [4.69, 9.17) is 5.73 Å². The molecule has 6 saturated carbocycles. The quantitative estimate of drug-likeness (QED) is 0.173. The number of halogens is 3. The Balaban J connectivity index is 0.00000204. The van der Waals surface area contributed by atoms with Crippen molar-refractivity contribution in [3.8, 4) is 0 Å². The molecule has 0 radical (unpaired) electrons. The van der Waals surface area contributed by atoms with Gasteiger partial charge in [0.15, 0.2) is 0 Å². The lowest BCUT2D eigenvalue weighted by Crippen LogP contribution is -2.34. The Morgan fingerprint density at radius 2 is 1.09 bits per heavy atom. The van der Waals surface area contributed by atoms with Crippen molar-refractivity contribution in [2.75, 3.05) is 26.2 Å². The van der Waals surface area contributed by atoms with Crippen LogP contribution in [0.4, 0.5) is 0 Å². The molecule has 4 bridgehead atoms. The Bertz CT molecular complexity index is 471. The molecular formula is C29H58Cl3N3. The van der Waals surface area contributed by atoms with Gasteiger partial charge in [-0.2, -0.15) is 0 Å². The highest BCUT2D eigenvalue weighted by atomic mass is 35.5. The number of fused-ring (bicyclic) bond motifs is 6. The maximum Gasteiger partial charge on any atom is 0.00670 e. The van der Waals surface area contributed by atoms with E-state index in [1.807, 2.05) is 0 Å². The van der Waals surface area contributed by atoms with Crippen LogP contribution in [-0.2, 0) is 0 Å². The standard InChI is InChI=1S/C29H55N3.3ClH/c30-17-3-18-31-19-4-20-32-29(7-1-5-27-21-23-9-13-25(27)14-10-23)8-2-6-28-22-24-11-15-26(28)16-12-24;;;/h23-29,31-32H,1-22,30H2;3*1H. The Labute approximate surface area is 236 Å². The van der Waals surface area contributed by atoms with Crippen LogP contribution < -0.4 is 16.4 Å². The summed E-state index contributed by atoms with van der Waals surface area (Å²) in [6.07, 6.45) is 26.7. The van der Waals surface area contributed by atoms with Crippen molar-refractivity contribution in [1.29, 1.82) is 0 Å². The first kappa shape index (κ1) is 33.8. The van der Waals surface area contributed by atoms with Gasteiger partial charge in [0, 0.05) is 6.04 Å². The molecule has 35 heavy (non-hydrogen) atoms. The van der Waals surface area contributed by atoms with Gasteiger partial charge in [0.2, 0.25) is 0 Å². The summed E-state index contributed by atoms with van der Waals surface area (Å²) < 4.78 is 0. The molecular weight excluding hydrogens is 497 g/mol. The van der Waals surface area contributed by atoms with Gasteiger partial charge in [-0.15, -0.1) is 37.2 Å². The predicted octanol–water partition coefficient (Wildman–Crippen LogP) is 7.53. The van der Waals surface area contributed by atoms with Gasteiger partial charge in [0.25, 0.3) is 0 Å². The van der Waals surface area contributed by atoms with Crippen LogP contribution >= 0.6 is 37.2 Å². The summed E-state index contributed by atoms with van der Waals surface area (Å²) in [4.78, 5) is 0. The van der Waals surface area contributed by atoms with Crippen LogP contribution in [0.1, 0.15) is 116 Å². The zero-order valence-corrected chi connectivity index (χ0v) is 24.8. The molecule has 0 heterocycles. The number of hydrogen-bond acceptors (Lipinski definition) is 3. The Kier molecular flexibility index (Phi) is 18.3. The fraction of sp³-hybridized carbons (Fsp3) is 1.00. The van der Waals surface area contributed by atoms with E-state index < -0.39 is 0 Å². The van der Waals surface area contributed by atoms with Crippen molar-refractivity contribution in [3.05, 3.63) is 0 Å². The number of nitrogens with one attached hydrogen (secondary N) is 2. The van der Waals surface area contributed by atoms with Gasteiger partial charge in [0.1, 0.15) is 0 Å². The molecule has 6 rings (SSSR count). The summed E-state index contributed by atoms with van der Waals surface area (Å²) >= 11 is 0. The molecule has 210 valence electrons. The summed E-state index contributed by atoms with van der Waals surface area (Å²) in [7, 11) is 0. The van der Waals surface area contributed by atoms with Crippen molar-refractivity contribution < 1.29 is 0 Å². The monoisotopic (exact) mass is 553 g/mol. The predicted molar refractivity (Wildman–Crippen MR) is 160 cm³/mol. The van der Waals surface area contributed by atoms with Gasteiger partial charge >= 0.3 is 0 Å². The lowest BCUT2D eigenvalue weighted by Gasteiger charge is -2.43. The van der Waals surface area contributed by atoms with E-state index in [1.54, 1.807) is 64.2 Å². The number of rotatable bonds is 16. The van der Waals surface area contributed by atoms with Crippen LogP contribution in [0.25, 0.3) is 0 Å². The Hall–Kier alpha value is 0.750. The third kappa shape index (κ3) is 11.2. The fourth-order valence-electron chi connectivity index (χ4n) is 8.21. The van der Waals surface area contributed by atoms with Crippen LogP contribution in [0, 0.1) is 35.5 Å². The van der Waals surface area contributed by atoms with E-state index in [-0.39, 0.29) is 37.2 Å². The number of hydrogen-bond donors (Lipinski definition) is 3. The average molecular weight is 555 g/mol. The molecule has 4 N–H and O–H groups in total. The Morgan fingerprint density at radius 1 is 0.600 bits per heavy atom. The molecule has 6 heteroatoms. The third-order valence-electron chi connectivity index (χ3n) is 10.2. The van der Waals surface area contributed by atoms with Gasteiger partial charge in [-0.1, -0.05) is 51.4 Å². The van der Waals surface area contributed by atoms with E-state index >= 15 is 0 Å². The van der Waals surface area contributed by atoms with E-state index in [2.05, 4.69) is 10.6 Å². The zero-order chi connectivity index (χ0) is 22.0. The summed E-state index contributed by atoms with van der Waals surface area (Å²) in [5.41, 5.74) is 5.60. The minimum atomic E-state index is 0. The normalized spacial score (nSPS) is 31.8. The van der Waals surface area contributed by atoms with E-state index in [0.717, 1.165) is 67.6 Å². The van der Waals surface area contributed by atoms with Crippen molar-refractivity contribution in [2.45, 2.75) is 122 Å². The topological polar surface area (TPSA) is 50.1 Å². The van der Waals surface area contributed by atoms with Crippen LogP contribution in [-0.4, -0.2) is 32.2 Å². The summed E-state index contributed by atoms with van der Waals surface area (Å²) in [6, 6.07) is 0.764. The summed E-state index contributed by atoms with van der Waals surface area (Å²) in [5, 5.41) is 7.53. The molecule has 6 fully saturated rings. The molecule has 0 aromatic rings.